The van der Waals surface area contributed by atoms with E-state index < -0.39 is 0 Å². The average molecular weight is 564 g/mol. The fraction of sp³-hybridized carbons (Fsp3) is 0.515. The third-order valence-corrected chi connectivity index (χ3v) is 7.41. The van der Waals surface area contributed by atoms with Gasteiger partial charge in [-0.25, -0.2) is 5.43 Å². The van der Waals surface area contributed by atoms with E-state index in [9.17, 15) is 4.79 Å². The van der Waals surface area contributed by atoms with Gasteiger partial charge in [0.1, 0.15) is 0 Å². The number of rotatable bonds is 12. The Hall–Kier alpha value is -3.36. The van der Waals surface area contributed by atoms with E-state index in [0.29, 0.717) is 19.0 Å². The second-order valence-corrected chi connectivity index (χ2v) is 11.5. The van der Waals surface area contributed by atoms with Crippen molar-refractivity contribution in [3.05, 3.63) is 60.1 Å². The number of aromatic nitrogens is 2. The molecule has 3 heterocycles. The lowest BCUT2D eigenvalue weighted by molar-refractivity contribution is -0.131. The summed E-state index contributed by atoms with van der Waals surface area (Å²) >= 11 is 0. The van der Waals surface area contributed by atoms with E-state index in [2.05, 4.69) is 85.8 Å². The first-order chi connectivity index (χ1) is 19.7. The van der Waals surface area contributed by atoms with Gasteiger partial charge in [0.05, 0.1) is 31.2 Å². The minimum Gasteiger partial charge on any atom is -0.467 e. The standard InChI is InChI=1S/C28H37N3O3.C5H12N2/c1-6-31-25-10-9-21(30-12-14-33-15-13-30)16-23(25)24(17-28(4,5)18-34-19-32)27(31)22-8-7-11-29-26(22)20(2)3;1-4-5(2)7-6-3/h7-11,16,19-20H,6,12-15,17-18H2,1-5H3;6-7H,2,4H2,1,3H3. The number of hydrogen-bond acceptors (Lipinski definition) is 7. The molecule has 0 radical (unpaired) electrons. The summed E-state index contributed by atoms with van der Waals surface area (Å²) in [5.41, 5.74) is 13.7. The summed E-state index contributed by atoms with van der Waals surface area (Å²) in [7, 11) is 1.82. The summed E-state index contributed by atoms with van der Waals surface area (Å²) in [5.74, 6) is 0.308. The minimum absolute atomic E-state index is 0.211. The lowest BCUT2D eigenvalue weighted by Gasteiger charge is -2.29. The number of carbonyl (C=O) groups excluding carboxylic acids is 1. The number of pyridine rings is 1. The van der Waals surface area contributed by atoms with Gasteiger partial charge in [-0.2, -0.15) is 0 Å². The van der Waals surface area contributed by atoms with E-state index in [1.54, 1.807) is 0 Å². The van der Waals surface area contributed by atoms with Gasteiger partial charge in [0.15, 0.2) is 0 Å². The Bertz CT molecular complexity index is 1290. The summed E-state index contributed by atoms with van der Waals surface area (Å²) in [4.78, 5) is 18.1. The van der Waals surface area contributed by atoms with E-state index in [4.69, 9.17) is 14.5 Å². The van der Waals surface area contributed by atoms with Crippen molar-refractivity contribution in [2.45, 2.75) is 66.8 Å². The van der Waals surface area contributed by atoms with Crippen LogP contribution < -0.4 is 15.8 Å². The predicted molar refractivity (Wildman–Crippen MR) is 169 cm³/mol. The molecular weight excluding hydrogens is 514 g/mol. The topological polar surface area (TPSA) is 80.7 Å². The fourth-order valence-electron chi connectivity index (χ4n) is 5.38. The minimum atomic E-state index is -0.211. The Labute approximate surface area is 246 Å². The highest BCUT2D eigenvalue weighted by atomic mass is 16.5. The monoisotopic (exact) mass is 563 g/mol. The van der Waals surface area contributed by atoms with Crippen molar-refractivity contribution in [2.75, 3.05) is 44.9 Å². The molecule has 0 unspecified atom stereocenters. The van der Waals surface area contributed by atoms with E-state index in [1.165, 1.54) is 33.4 Å². The van der Waals surface area contributed by atoms with Crippen LogP contribution in [0.15, 0.2) is 48.8 Å². The molecule has 0 atom stereocenters. The van der Waals surface area contributed by atoms with Crippen LogP contribution in [0.5, 0.6) is 0 Å². The largest absolute Gasteiger partial charge is 0.467 e. The highest BCUT2D eigenvalue weighted by Crippen LogP contribution is 2.41. The molecule has 8 nitrogen and oxygen atoms in total. The van der Waals surface area contributed by atoms with Crippen LogP contribution in [0, 0.1) is 5.41 Å². The van der Waals surface area contributed by atoms with Crippen molar-refractivity contribution >= 4 is 23.1 Å². The predicted octanol–water partition coefficient (Wildman–Crippen LogP) is 6.06. The average Bonchev–Trinajstić information content (AvgIpc) is 3.28. The van der Waals surface area contributed by atoms with Gasteiger partial charge in [0.25, 0.3) is 6.47 Å². The van der Waals surface area contributed by atoms with Gasteiger partial charge in [0, 0.05) is 66.1 Å². The van der Waals surface area contributed by atoms with Crippen molar-refractivity contribution < 1.29 is 14.3 Å². The lowest BCUT2D eigenvalue weighted by atomic mass is 9.84. The zero-order valence-corrected chi connectivity index (χ0v) is 26.0. The number of benzene rings is 1. The van der Waals surface area contributed by atoms with Gasteiger partial charge in [-0.1, -0.05) is 41.2 Å². The summed E-state index contributed by atoms with van der Waals surface area (Å²) in [5, 5.41) is 1.26. The number of nitrogens with zero attached hydrogens (tertiary/aromatic N) is 3. The van der Waals surface area contributed by atoms with Crippen LogP contribution in [0.25, 0.3) is 22.2 Å². The van der Waals surface area contributed by atoms with Crippen molar-refractivity contribution in [2.24, 2.45) is 5.41 Å². The number of hydrogen-bond donors (Lipinski definition) is 2. The maximum atomic E-state index is 10.9. The maximum absolute atomic E-state index is 10.9. The number of hydrazine groups is 1. The molecule has 0 aliphatic carbocycles. The molecule has 0 amide bonds. The third kappa shape index (κ3) is 8.11. The number of allylic oxidation sites excluding steroid dienone is 1. The first-order valence-corrected chi connectivity index (χ1v) is 14.8. The normalized spacial score (nSPS) is 13.6. The van der Waals surface area contributed by atoms with Gasteiger partial charge < -0.3 is 24.4 Å². The number of fused-ring (bicyclic) bond motifs is 1. The number of ether oxygens (including phenoxy) is 2. The molecule has 2 N–H and O–H groups in total. The van der Waals surface area contributed by atoms with Crippen LogP contribution in [0.3, 0.4) is 0 Å². The van der Waals surface area contributed by atoms with E-state index >= 15 is 0 Å². The van der Waals surface area contributed by atoms with Gasteiger partial charge in [0.2, 0.25) is 0 Å². The second-order valence-electron chi connectivity index (χ2n) is 11.5. The Balaban J connectivity index is 0.000000587. The Kier molecular flexibility index (Phi) is 11.8. The highest BCUT2D eigenvalue weighted by molar-refractivity contribution is 5.94. The molecule has 1 aliphatic heterocycles. The lowest BCUT2D eigenvalue weighted by Crippen LogP contribution is -2.36. The van der Waals surface area contributed by atoms with Crippen molar-refractivity contribution in [1.29, 1.82) is 0 Å². The van der Waals surface area contributed by atoms with Crippen LogP contribution in [0.4, 0.5) is 5.69 Å². The van der Waals surface area contributed by atoms with Gasteiger partial charge in [-0.15, -0.1) is 0 Å². The summed E-state index contributed by atoms with van der Waals surface area (Å²) in [6, 6.07) is 11.1. The molecule has 1 aromatic carbocycles. The van der Waals surface area contributed by atoms with Gasteiger partial charge in [-0.3, -0.25) is 9.78 Å². The molecule has 4 rings (SSSR count). The Morgan fingerprint density at radius 1 is 1.22 bits per heavy atom. The molecular formula is C33H49N5O3. The van der Waals surface area contributed by atoms with Crippen molar-refractivity contribution in [1.82, 2.24) is 20.4 Å². The zero-order chi connectivity index (χ0) is 30.0. The molecule has 1 aliphatic rings. The molecule has 1 saturated heterocycles. The molecule has 0 spiro atoms. The Morgan fingerprint density at radius 3 is 2.54 bits per heavy atom. The summed E-state index contributed by atoms with van der Waals surface area (Å²) in [6.45, 7) is 21.8. The van der Waals surface area contributed by atoms with Crippen LogP contribution in [0.2, 0.25) is 0 Å². The van der Waals surface area contributed by atoms with Crippen LogP contribution in [0.1, 0.15) is 65.1 Å². The Morgan fingerprint density at radius 2 is 1.95 bits per heavy atom. The van der Waals surface area contributed by atoms with Crippen LogP contribution in [-0.4, -0.2) is 56.0 Å². The van der Waals surface area contributed by atoms with Gasteiger partial charge in [-0.05, 0) is 61.6 Å². The molecule has 8 heteroatoms. The third-order valence-electron chi connectivity index (χ3n) is 7.41. The number of carbonyl (C=O) groups is 1. The van der Waals surface area contributed by atoms with Crippen LogP contribution >= 0.6 is 0 Å². The SMILES string of the molecule is C=C(CC)NNC.CCn1c(-c2cccnc2C(C)C)c(CC(C)(C)COC=O)c2cc(N3CCOCC3)ccc21. The summed E-state index contributed by atoms with van der Waals surface area (Å²) in [6.07, 6.45) is 3.65. The molecule has 0 saturated carbocycles. The molecule has 3 aromatic rings. The van der Waals surface area contributed by atoms with Crippen molar-refractivity contribution in [3.63, 3.8) is 0 Å². The van der Waals surface area contributed by atoms with Crippen LogP contribution in [-0.2, 0) is 27.2 Å². The van der Waals surface area contributed by atoms with E-state index in [1.807, 2.05) is 26.2 Å². The first kappa shape index (κ1) is 32.2. The molecule has 2 aromatic heterocycles. The van der Waals surface area contributed by atoms with Gasteiger partial charge >= 0.3 is 0 Å². The number of nitrogens with one attached hydrogen (secondary N) is 2. The van der Waals surface area contributed by atoms with E-state index in [-0.39, 0.29) is 5.41 Å². The molecule has 0 bridgehead atoms. The van der Waals surface area contributed by atoms with E-state index in [0.717, 1.165) is 57.1 Å². The maximum Gasteiger partial charge on any atom is 0.293 e. The molecule has 224 valence electrons. The number of aryl methyl sites for hydroxylation is 1. The number of anilines is 1. The second kappa shape index (κ2) is 15.0. The zero-order valence-electron chi connectivity index (χ0n) is 26.0. The van der Waals surface area contributed by atoms with Crippen molar-refractivity contribution in [3.8, 4) is 11.3 Å². The molecule has 1 fully saturated rings. The number of morpholine rings is 1. The quantitative estimate of drug-likeness (QED) is 0.205. The fourth-order valence-corrected chi connectivity index (χ4v) is 5.38. The summed E-state index contributed by atoms with van der Waals surface area (Å²) < 4.78 is 13.2. The first-order valence-electron chi connectivity index (χ1n) is 14.8. The molecule has 41 heavy (non-hydrogen) atoms. The smallest absolute Gasteiger partial charge is 0.293 e. The highest BCUT2D eigenvalue weighted by Gasteiger charge is 2.28.